The summed E-state index contributed by atoms with van der Waals surface area (Å²) < 4.78 is 0. The molecule has 5 aromatic rings. The summed E-state index contributed by atoms with van der Waals surface area (Å²) in [5.74, 6) is 0. The summed E-state index contributed by atoms with van der Waals surface area (Å²) in [6, 6.07) is 51.4. The van der Waals surface area contributed by atoms with Gasteiger partial charge in [-0.05, 0) is 37.1 Å². The monoisotopic (exact) mass is 471 g/mol. The first kappa shape index (κ1) is 22.3. The molecule has 0 fully saturated rings. The lowest BCUT2D eigenvalue weighted by atomic mass is 10.2. The molecular weight excluding hydrogens is 448 g/mol. The Hall–Kier alpha value is -3.55. The van der Waals surface area contributed by atoms with Crippen LogP contribution in [0.4, 0.5) is 0 Å². The molecule has 3 heteroatoms. The van der Waals surface area contributed by atoms with E-state index in [2.05, 4.69) is 121 Å². The van der Waals surface area contributed by atoms with E-state index in [-0.39, 0.29) is 0 Å². The molecule has 1 nitrogen and oxygen atoms in total. The summed E-state index contributed by atoms with van der Waals surface area (Å²) in [7, 11) is -1.73. The van der Waals surface area contributed by atoms with Crippen LogP contribution in [0.2, 0.25) is 0 Å². The third kappa shape index (κ3) is 4.58. The van der Waals surface area contributed by atoms with Crippen LogP contribution in [0.1, 0.15) is 5.56 Å². The summed E-state index contributed by atoms with van der Waals surface area (Å²) >= 11 is 0. The van der Waals surface area contributed by atoms with Gasteiger partial charge in [0.15, 0.2) is 0 Å². The summed E-state index contributed by atoms with van der Waals surface area (Å²) in [5.41, 5.74) is 0.806. The summed E-state index contributed by atoms with van der Waals surface area (Å²) in [6.07, 6.45) is 0. The van der Waals surface area contributed by atoms with Crippen LogP contribution in [-0.2, 0) is 0 Å². The van der Waals surface area contributed by atoms with Crippen molar-refractivity contribution in [3.05, 3.63) is 145 Å². The zero-order chi connectivity index (χ0) is 23.2. The second-order valence-electron chi connectivity index (χ2n) is 7.80. The Morgan fingerprint density at radius 2 is 0.676 bits per heavy atom. The molecular formula is C31H23NP2. The van der Waals surface area contributed by atoms with E-state index in [1.165, 1.54) is 21.2 Å². The van der Waals surface area contributed by atoms with E-state index in [9.17, 15) is 5.26 Å². The zero-order valence-electron chi connectivity index (χ0n) is 18.6. The summed E-state index contributed by atoms with van der Waals surface area (Å²) in [6.45, 7) is 0. The maximum Gasteiger partial charge on any atom is 0.101 e. The molecule has 0 amide bonds. The van der Waals surface area contributed by atoms with Crippen LogP contribution in [0, 0.1) is 11.3 Å². The summed E-state index contributed by atoms with van der Waals surface area (Å²) in [4.78, 5) is 0. The largest absolute Gasteiger partial charge is 0.192 e. The van der Waals surface area contributed by atoms with Gasteiger partial charge in [-0.1, -0.05) is 140 Å². The van der Waals surface area contributed by atoms with E-state index < -0.39 is 15.8 Å². The normalized spacial score (nSPS) is 10.9. The maximum atomic E-state index is 10.6. The Morgan fingerprint density at radius 3 is 0.941 bits per heavy atom. The fourth-order valence-corrected chi connectivity index (χ4v) is 9.11. The standard InChI is InChI=1S/C31H23NP2/c32-24-29-30(33(25-14-5-1-6-15-25)26-16-7-2-8-17-26)22-13-23-31(29)34(27-18-9-3-10-19-27)28-20-11-4-12-21-28/h1-23H. The molecule has 162 valence electrons. The number of nitriles is 1. The second-order valence-corrected chi connectivity index (χ2v) is 12.2. The smallest absolute Gasteiger partial charge is 0.101 e. The first-order chi connectivity index (χ1) is 16.9. The molecule has 0 N–H and O–H groups in total. The van der Waals surface area contributed by atoms with Crippen molar-refractivity contribution in [3.63, 3.8) is 0 Å². The number of benzene rings is 5. The topological polar surface area (TPSA) is 23.8 Å². The molecule has 5 rings (SSSR count). The Bertz CT molecular complexity index is 1220. The summed E-state index contributed by atoms with van der Waals surface area (Å²) in [5, 5.41) is 17.8. The molecule has 0 spiro atoms. The third-order valence-electron chi connectivity index (χ3n) is 5.67. The van der Waals surface area contributed by atoms with Gasteiger partial charge in [0.1, 0.15) is 6.07 Å². The van der Waals surface area contributed by atoms with Crippen LogP contribution in [-0.4, -0.2) is 0 Å². The molecule has 34 heavy (non-hydrogen) atoms. The molecule has 0 saturated carbocycles. The lowest BCUT2D eigenvalue weighted by molar-refractivity contribution is 1.51. The molecule has 0 atom stereocenters. The zero-order valence-corrected chi connectivity index (χ0v) is 20.4. The van der Waals surface area contributed by atoms with Crippen LogP contribution < -0.4 is 31.8 Å². The molecule has 0 bridgehead atoms. The highest BCUT2D eigenvalue weighted by Gasteiger charge is 2.25. The van der Waals surface area contributed by atoms with E-state index in [4.69, 9.17) is 0 Å². The fourth-order valence-electron chi connectivity index (χ4n) is 4.18. The van der Waals surface area contributed by atoms with Gasteiger partial charge in [-0.2, -0.15) is 5.26 Å². The highest BCUT2D eigenvalue weighted by molar-refractivity contribution is 7.81. The van der Waals surface area contributed by atoms with E-state index >= 15 is 0 Å². The van der Waals surface area contributed by atoms with Gasteiger partial charge in [-0.25, -0.2) is 0 Å². The van der Waals surface area contributed by atoms with Crippen molar-refractivity contribution < 1.29 is 0 Å². The van der Waals surface area contributed by atoms with Gasteiger partial charge in [0.05, 0.1) is 5.56 Å². The SMILES string of the molecule is N#Cc1c(P(c2ccccc2)c2ccccc2)cccc1P(c1ccccc1)c1ccccc1. The molecule has 0 aromatic heterocycles. The van der Waals surface area contributed by atoms with Crippen LogP contribution >= 0.6 is 15.8 Å². The Balaban J connectivity index is 1.75. The minimum Gasteiger partial charge on any atom is -0.192 e. The van der Waals surface area contributed by atoms with Crippen molar-refractivity contribution in [2.75, 3.05) is 0 Å². The van der Waals surface area contributed by atoms with E-state index in [1.807, 2.05) is 24.3 Å². The van der Waals surface area contributed by atoms with Crippen LogP contribution in [0.15, 0.2) is 140 Å². The molecule has 0 aliphatic rings. The van der Waals surface area contributed by atoms with Crippen molar-refractivity contribution in [1.82, 2.24) is 0 Å². The van der Waals surface area contributed by atoms with Gasteiger partial charge in [-0.3, -0.25) is 0 Å². The minimum absolute atomic E-state index is 0.806. The number of hydrogen-bond acceptors (Lipinski definition) is 1. The molecule has 0 unspecified atom stereocenters. The maximum absolute atomic E-state index is 10.6. The Labute approximate surface area is 203 Å². The van der Waals surface area contributed by atoms with Gasteiger partial charge < -0.3 is 0 Å². The van der Waals surface area contributed by atoms with Crippen LogP contribution in [0.5, 0.6) is 0 Å². The molecule has 5 aromatic carbocycles. The van der Waals surface area contributed by atoms with Crippen molar-refractivity contribution in [2.45, 2.75) is 0 Å². The van der Waals surface area contributed by atoms with Gasteiger partial charge in [-0.15, -0.1) is 0 Å². The fraction of sp³-hybridized carbons (Fsp3) is 0. The van der Waals surface area contributed by atoms with E-state index in [1.54, 1.807) is 0 Å². The van der Waals surface area contributed by atoms with Gasteiger partial charge in [0, 0.05) is 10.6 Å². The van der Waals surface area contributed by atoms with E-state index in [0.717, 1.165) is 16.2 Å². The predicted molar refractivity (Wildman–Crippen MR) is 149 cm³/mol. The van der Waals surface area contributed by atoms with Gasteiger partial charge >= 0.3 is 0 Å². The predicted octanol–water partition coefficient (Wildman–Crippen LogP) is 5.07. The van der Waals surface area contributed by atoms with Crippen LogP contribution in [0.3, 0.4) is 0 Å². The molecule has 0 radical (unpaired) electrons. The lowest BCUT2D eigenvalue weighted by Crippen LogP contribution is -2.30. The Kier molecular flexibility index (Phi) is 6.93. The number of nitrogens with zero attached hydrogens (tertiary/aromatic N) is 1. The van der Waals surface area contributed by atoms with Crippen LogP contribution in [0.25, 0.3) is 0 Å². The first-order valence-corrected chi connectivity index (χ1v) is 13.9. The minimum atomic E-state index is -0.864. The average molecular weight is 471 g/mol. The Morgan fingerprint density at radius 1 is 0.382 bits per heavy atom. The lowest BCUT2D eigenvalue weighted by Gasteiger charge is -2.25. The number of hydrogen-bond donors (Lipinski definition) is 0. The van der Waals surface area contributed by atoms with Crippen molar-refractivity contribution in [3.8, 4) is 6.07 Å². The number of rotatable bonds is 6. The quantitative estimate of drug-likeness (QED) is 0.317. The van der Waals surface area contributed by atoms with E-state index in [0.29, 0.717) is 0 Å². The molecule has 0 saturated heterocycles. The second kappa shape index (κ2) is 10.6. The van der Waals surface area contributed by atoms with Crippen molar-refractivity contribution in [1.29, 1.82) is 5.26 Å². The highest BCUT2D eigenvalue weighted by atomic mass is 31.1. The van der Waals surface area contributed by atoms with Gasteiger partial charge in [0.2, 0.25) is 0 Å². The van der Waals surface area contributed by atoms with Crippen molar-refractivity contribution in [2.24, 2.45) is 0 Å². The third-order valence-corrected chi connectivity index (χ3v) is 10.6. The highest BCUT2D eigenvalue weighted by Crippen LogP contribution is 2.38. The molecule has 0 aliphatic heterocycles. The molecule has 0 heterocycles. The van der Waals surface area contributed by atoms with Gasteiger partial charge in [0.25, 0.3) is 0 Å². The average Bonchev–Trinajstić information content (AvgIpc) is 2.92. The van der Waals surface area contributed by atoms with Crippen molar-refractivity contribution >= 4 is 47.7 Å². The first-order valence-electron chi connectivity index (χ1n) is 11.2. The molecule has 0 aliphatic carbocycles.